The molecule has 6 heteroatoms. The first-order valence-electron chi connectivity index (χ1n) is 7.77. The molecule has 1 aliphatic carbocycles. The van der Waals surface area contributed by atoms with Crippen molar-refractivity contribution in [3.05, 3.63) is 0 Å². The van der Waals surface area contributed by atoms with Gasteiger partial charge in [-0.25, -0.2) is 4.79 Å². The fraction of sp³-hybridized carbons (Fsp3) is 0.867. The van der Waals surface area contributed by atoms with E-state index in [-0.39, 0.29) is 19.2 Å². The highest BCUT2D eigenvalue weighted by Crippen LogP contribution is 2.29. The van der Waals surface area contributed by atoms with Crippen molar-refractivity contribution in [2.24, 2.45) is 17.3 Å². The Balaban J connectivity index is 1.75. The maximum absolute atomic E-state index is 11.9. The Morgan fingerprint density at radius 3 is 2.57 bits per heavy atom. The van der Waals surface area contributed by atoms with Crippen LogP contribution in [0, 0.1) is 17.3 Å². The summed E-state index contributed by atoms with van der Waals surface area (Å²) in [7, 11) is 0. The van der Waals surface area contributed by atoms with Crippen LogP contribution in [0.1, 0.15) is 39.5 Å². The molecular formula is C15H26N2O4. The van der Waals surface area contributed by atoms with Crippen LogP contribution < -0.4 is 10.6 Å². The third-order valence-electron chi connectivity index (χ3n) is 4.94. The van der Waals surface area contributed by atoms with Gasteiger partial charge in [0.15, 0.2) is 0 Å². The second kappa shape index (κ2) is 6.64. The summed E-state index contributed by atoms with van der Waals surface area (Å²) in [6.07, 6.45) is 4.75. The van der Waals surface area contributed by atoms with Gasteiger partial charge in [-0.2, -0.15) is 0 Å². The van der Waals surface area contributed by atoms with Crippen molar-refractivity contribution in [3.8, 4) is 0 Å². The molecule has 1 aliphatic heterocycles. The topological polar surface area (TPSA) is 87.7 Å². The van der Waals surface area contributed by atoms with E-state index in [0.29, 0.717) is 12.5 Å². The zero-order valence-electron chi connectivity index (χ0n) is 12.9. The number of hydrogen-bond donors (Lipinski definition) is 3. The fourth-order valence-electron chi connectivity index (χ4n) is 3.06. The lowest BCUT2D eigenvalue weighted by Crippen LogP contribution is -2.53. The molecule has 0 spiro atoms. The summed E-state index contributed by atoms with van der Waals surface area (Å²) in [5.41, 5.74) is -1.04. The first-order chi connectivity index (χ1) is 9.91. The molecule has 0 radical (unpaired) electrons. The first-order valence-corrected chi connectivity index (χ1v) is 7.77. The van der Waals surface area contributed by atoms with Gasteiger partial charge in [0.05, 0.1) is 19.3 Å². The SMILES string of the molecule is CC1CCC(CNC(=O)NC2COCC2(C)C(=O)O)CC1. The Morgan fingerprint density at radius 2 is 1.95 bits per heavy atom. The van der Waals surface area contributed by atoms with Gasteiger partial charge in [0.2, 0.25) is 0 Å². The molecule has 2 fully saturated rings. The second-order valence-corrected chi connectivity index (χ2v) is 6.77. The number of amides is 2. The summed E-state index contributed by atoms with van der Waals surface area (Å²) in [4.78, 5) is 23.2. The van der Waals surface area contributed by atoms with Crippen molar-refractivity contribution in [1.82, 2.24) is 10.6 Å². The van der Waals surface area contributed by atoms with Crippen LogP contribution in [0.15, 0.2) is 0 Å². The lowest BCUT2D eigenvalue weighted by molar-refractivity contribution is -0.148. The lowest BCUT2D eigenvalue weighted by atomic mass is 9.83. The second-order valence-electron chi connectivity index (χ2n) is 6.77. The van der Waals surface area contributed by atoms with Crippen LogP contribution in [0.2, 0.25) is 0 Å². The third-order valence-corrected chi connectivity index (χ3v) is 4.94. The van der Waals surface area contributed by atoms with E-state index in [9.17, 15) is 14.7 Å². The molecule has 6 nitrogen and oxygen atoms in total. The van der Waals surface area contributed by atoms with E-state index in [4.69, 9.17) is 4.74 Å². The van der Waals surface area contributed by atoms with Crippen LogP contribution in [0.4, 0.5) is 4.79 Å². The molecule has 2 atom stereocenters. The number of carboxylic acid groups (broad SMARTS) is 1. The first kappa shape index (κ1) is 16.1. The number of ether oxygens (including phenoxy) is 1. The number of aliphatic carboxylic acids is 1. The normalized spacial score (nSPS) is 36.2. The van der Waals surface area contributed by atoms with E-state index in [1.165, 1.54) is 12.8 Å². The number of urea groups is 1. The smallest absolute Gasteiger partial charge is 0.315 e. The number of rotatable bonds is 4. The van der Waals surface area contributed by atoms with Gasteiger partial charge in [0.1, 0.15) is 5.41 Å². The fourth-order valence-corrected chi connectivity index (χ4v) is 3.06. The Labute approximate surface area is 125 Å². The molecule has 0 aromatic rings. The molecular weight excluding hydrogens is 272 g/mol. The van der Waals surface area contributed by atoms with Gasteiger partial charge >= 0.3 is 12.0 Å². The lowest BCUT2D eigenvalue weighted by Gasteiger charge is -2.28. The third kappa shape index (κ3) is 3.87. The van der Waals surface area contributed by atoms with E-state index in [1.807, 2.05) is 0 Å². The molecule has 0 aromatic carbocycles. The molecule has 2 unspecified atom stereocenters. The summed E-state index contributed by atoms with van der Waals surface area (Å²) >= 11 is 0. The summed E-state index contributed by atoms with van der Waals surface area (Å²) < 4.78 is 5.22. The van der Waals surface area contributed by atoms with Gasteiger partial charge in [-0.3, -0.25) is 4.79 Å². The molecule has 0 aromatic heterocycles. The maximum Gasteiger partial charge on any atom is 0.315 e. The van der Waals surface area contributed by atoms with Crippen LogP contribution in [-0.4, -0.2) is 42.9 Å². The van der Waals surface area contributed by atoms with Crippen molar-refractivity contribution < 1.29 is 19.4 Å². The largest absolute Gasteiger partial charge is 0.481 e. The summed E-state index contributed by atoms with van der Waals surface area (Å²) in [5, 5.41) is 14.9. The molecule has 1 saturated heterocycles. The predicted octanol–water partition coefficient (Wildman–Crippen LogP) is 1.60. The van der Waals surface area contributed by atoms with E-state index >= 15 is 0 Å². The Kier molecular flexibility index (Phi) is 5.08. The van der Waals surface area contributed by atoms with Gasteiger partial charge < -0.3 is 20.5 Å². The zero-order chi connectivity index (χ0) is 15.5. The number of nitrogens with one attached hydrogen (secondary N) is 2. The minimum absolute atomic E-state index is 0.133. The van der Waals surface area contributed by atoms with Crippen molar-refractivity contribution in [3.63, 3.8) is 0 Å². The van der Waals surface area contributed by atoms with E-state index in [0.717, 1.165) is 18.8 Å². The van der Waals surface area contributed by atoms with E-state index in [2.05, 4.69) is 17.6 Å². The molecule has 2 rings (SSSR count). The molecule has 21 heavy (non-hydrogen) atoms. The van der Waals surface area contributed by atoms with E-state index < -0.39 is 17.4 Å². The maximum atomic E-state index is 11.9. The van der Waals surface area contributed by atoms with Crippen LogP contribution in [-0.2, 0) is 9.53 Å². The standard InChI is InChI=1S/C15H26N2O4/c1-10-3-5-11(6-4-10)7-16-14(20)17-12-8-21-9-15(12,2)13(18)19/h10-12H,3-9H2,1-2H3,(H,18,19)(H2,16,17,20). The average Bonchev–Trinajstić information content (AvgIpc) is 2.81. The van der Waals surface area contributed by atoms with Gasteiger partial charge in [-0.05, 0) is 31.6 Å². The Hall–Kier alpha value is -1.30. The number of hydrogen-bond acceptors (Lipinski definition) is 3. The summed E-state index contributed by atoms with van der Waals surface area (Å²) in [6.45, 7) is 4.92. The number of carbonyl (C=O) groups is 2. The highest BCUT2D eigenvalue weighted by molar-refractivity contribution is 5.79. The highest BCUT2D eigenvalue weighted by Gasteiger charge is 2.47. The quantitative estimate of drug-likeness (QED) is 0.735. The van der Waals surface area contributed by atoms with Crippen LogP contribution in [0.25, 0.3) is 0 Å². The molecule has 1 heterocycles. The Morgan fingerprint density at radius 1 is 1.29 bits per heavy atom. The number of carboxylic acids is 1. The van der Waals surface area contributed by atoms with Crippen LogP contribution in [0.3, 0.4) is 0 Å². The molecule has 2 amide bonds. The molecule has 3 N–H and O–H groups in total. The van der Waals surface area contributed by atoms with Crippen molar-refractivity contribution in [1.29, 1.82) is 0 Å². The number of carbonyl (C=O) groups excluding carboxylic acids is 1. The summed E-state index contributed by atoms with van der Waals surface area (Å²) in [5.74, 6) is 0.395. The molecule has 0 bridgehead atoms. The van der Waals surface area contributed by atoms with Gasteiger partial charge in [0, 0.05) is 6.54 Å². The van der Waals surface area contributed by atoms with Crippen molar-refractivity contribution in [2.45, 2.75) is 45.6 Å². The van der Waals surface area contributed by atoms with Gasteiger partial charge in [-0.15, -0.1) is 0 Å². The molecule has 1 saturated carbocycles. The minimum atomic E-state index is -1.04. The van der Waals surface area contributed by atoms with Gasteiger partial charge in [-0.1, -0.05) is 19.8 Å². The molecule has 120 valence electrons. The zero-order valence-corrected chi connectivity index (χ0v) is 12.9. The average molecular weight is 298 g/mol. The van der Waals surface area contributed by atoms with E-state index in [1.54, 1.807) is 6.92 Å². The molecule has 2 aliphatic rings. The monoisotopic (exact) mass is 298 g/mol. The van der Waals surface area contributed by atoms with Gasteiger partial charge in [0.25, 0.3) is 0 Å². The summed E-state index contributed by atoms with van der Waals surface area (Å²) in [6, 6.07) is -0.780. The minimum Gasteiger partial charge on any atom is -0.481 e. The predicted molar refractivity (Wildman–Crippen MR) is 78.0 cm³/mol. The van der Waals surface area contributed by atoms with Crippen LogP contribution in [0.5, 0.6) is 0 Å². The highest BCUT2D eigenvalue weighted by atomic mass is 16.5. The Bertz CT molecular complexity index is 393. The van der Waals surface area contributed by atoms with Crippen LogP contribution >= 0.6 is 0 Å². The van der Waals surface area contributed by atoms with Crippen molar-refractivity contribution in [2.75, 3.05) is 19.8 Å². The van der Waals surface area contributed by atoms with Crippen molar-refractivity contribution >= 4 is 12.0 Å².